The van der Waals surface area contributed by atoms with Crippen LogP contribution in [0.3, 0.4) is 0 Å². The molecule has 0 saturated carbocycles. The Labute approximate surface area is 208 Å². The zero-order valence-corrected chi connectivity index (χ0v) is 21.4. The van der Waals surface area contributed by atoms with Gasteiger partial charge in [0.15, 0.2) is 0 Å². The molecule has 184 valence electrons. The summed E-state index contributed by atoms with van der Waals surface area (Å²) in [4.78, 5) is 15.5. The largest absolute Gasteiger partial charge is 0.321 e. The van der Waals surface area contributed by atoms with Crippen molar-refractivity contribution < 1.29 is 13.2 Å². The second-order valence-corrected chi connectivity index (χ2v) is 11.3. The van der Waals surface area contributed by atoms with E-state index in [0.29, 0.717) is 42.6 Å². The number of carbonyl (C=O) groups is 1. The zero-order chi connectivity index (χ0) is 25.0. The van der Waals surface area contributed by atoms with E-state index in [1.165, 1.54) is 0 Å². The number of benzene rings is 3. The Morgan fingerprint density at radius 3 is 2.17 bits per heavy atom. The van der Waals surface area contributed by atoms with Gasteiger partial charge in [-0.3, -0.25) is 9.69 Å². The highest BCUT2D eigenvalue weighted by Crippen LogP contribution is 2.28. The maximum Gasteiger partial charge on any atom is 0.255 e. The zero-order valence-electron chi connectivity index (χ0n) is 20.6. The Balaban J connectivity index is 1.35. The molecule has 0 spiro atoms. The molecule has 0 atom stereocenters. The first kappa shape index (κ1) is 25.1. The van der Waals surface area contributed by atoms with E-state index < -0.39 is 10.0 Å². The van der Waals surface area contributed by atoms with Gasteiger partial charge in [0.1, 0.15) is 0 Å². The minimum atomic E-state index is -3.45. The molecular weight excluding hydrogens is 458 g/mol. The van der Waals surface area contributed by atoms with E-state index in [0.717, 1.165) is 28.9 Å². The molecular formula is C28H33N3O3S. The summed E-state index contributed by atoms with van der Waals surface area (Å²) in [6, 6.07) is 22.3. The molecule has 6 nitrogen and oxygen atoms in total. The van der Waals surface area contributed by atoms with Gasteiger partial charge in [-0.05, 0) is 53.8 Å². The predicted molar refractivity (Wildman–Crippen MR) is 140 cm³/mol. The lowest BCUT2D eigenvalue weighted by Gasteiger charge is -2.34. The molecule has 3 aromatic rings. The van der Waals surface area contributed by atoms with Crippen molar-refractivity contribution in [3.63, 3.8) is 0 Å². The van der Waals surface area contributed by atoms with E-state index in [1.54, 1.807) is 28.6 Å². The number of hydrogen-bond acceptors (Lipinski definition) is 4. The molecule has 0 unspecified atom stereocenters. The average Bonchev–Trinajstić information content (AvgIpc) is 2.86. The number of nitrogens with zero attached hydrogens (tertiary/aromatic N) is 2. The van der Waals surface area contributed by atoms with Crippen molar-refractivity contribution in [3.05, 3.63) is 95.1 Å². The first-order chi connectivity index (χ1) is 16.8. The number of aryl methyl sites for hydroxylation is 1. The molecule has 7 heteroatoms. The second kappa shape index (κ2) is 10.7. The lowest BCUT2D eigenvalue weighted by Crippen LogP contribution is -2.48. The molecule has 0 aliphatic carbocycles. The number of anilines is 1. The third-order valence-electron chi connectivity index (χ3n) is 6.50. The van der Waals surface area contributed by atoms with Crippen LogP contribution in [-0.4, -0.2) is 49.7 Å². The van der Waals surface area contributed by atoms with E-state index in [2.05, 4.69) is 30.1 Å². The number of piperazine rings is 1. The van der Waals surface area contributed by atoms with Gasteiger partial charge in [-0.1, -0.05) is 62.4 Å². The summed E-state index contributed by atoms with van der Waals surface area (Å²) in [6.07, 6.45) is 0. The Morgan fingerprint density at radius 2 is 1.54 bits per heavy atom. The molecule has 4 rings (SSSR count). The topological polar surface area (TPSA) is 69.7 Å². The van der Waals surface area contributed by atoms with E-state index in [4.69, 9.17) is 0 Å². The number of hydrogen-bond donors (Lipinski definition) is 1. The van der Waals surface area contributed by atoms with Gasteiger partial charge in [0.05, 0.1) is 4.90 Å². The van der Waals surface area contributed by atoms with Crippen LogP contribution in [0.1, 0.15) is 46.8 Å². The highest BCUT2D eigenvalue weighted by molar-refractivity contribution is 7.89. The lowest BCUT2D eigenvalue weighted by atomic mass is 9.98. The van der Waals surface area contributed by atoms with Gasteiger partial charge in [-0.15, -0.1) is 0 Å². The first-order valence-electron chi connectivity index (χ1n) is 12.0. The SMILES string of the molecule is Cc1cccc(C(C)C)c1NC(=O)c1ccc(CN2CCN(S(=O)(=O)c3ccccc3)CC2)cc1. The van der Waals surface area contributed by atoms with Gasteiger partial charge < -0.3 is 5.32 Å². The van der Waals surface area contributed by atoms with Crippen LogP contribution in [0.5, 0.6) is 0 Å². The third kappa shape index (κ3) is 5.81. The van der Waals surface area contributed by atoms with Crippen molar-refractivity contribution in [1.29, 1.82) is 0 Å². The van der Waals surface area contributed by atoms with Gasteiger partial charge in [-0.2, -0.15) is 4.31 Å². The van der Waals surface area contributed by atoms with Crippen LogP contribution in [0, 0.1) is 6.92 Å². The maximum atomic E-state index is 12.9. The Kier molecular flexibility index (Phi) is 7.69. The summed E-state index contributed by atoms with van der Waals surface area (Å²) in [5, 5.41) is 3.10. The van der Waals surface area contributed by atoms with E-state index >= 15 is 0 Å². The van der Waals surface area contributed by atoms with Crippen LogP contribution in [0.2, 0.25) is 0 Å². The predicted octanol–water partition coefficient (Wildman–Crippen LogP) is 4.88. The number of nitrogens with one attached hydrogen (secondary N) is 1. The fraction of sp³-hybridized carbons (Fsp3) is 0.321. The van der Waals surface area contributed by atoms with Crippen LogP contribution >= 0.6 is 0 Å². The summed E-state index contributed by atoms with van der Waals surface area (Å²) in [5.74, 6) is 0.197. The van der Waals surface area contributed by atoms with Crippen LogP contribution in [-0.2, 0) is 16.6 Å². The standard InChI is InChI=1S/C28H33N3O3S/c1-21(2)26-11-7-8-22(3)27(26)29-28(32)24-14-12-23(13-15-24)20-30-16-18-31(19-17-30)35(33,34)25-9-5-4-6-10-25/h4-15,21H,16-20H2,1-3H3,(H,29,32). The monoisotopic (exact) mass is 491 g/mol. The minimum Gasteiger partial charge on any atom is -0.321 e. The molecule has 1 saturated heterocycles. The summed E-state index contributed by atoms with van der Waals surface area (Å²) in [5.41, 5.74) is 4.78. The van der Waals surface area contributed by atoms with Gasteiger partial charge in [-0.25, -0.2) is 8.42 Å². The van der Waals surface area contributed by atoms with Crippen molar-refractivity contribution >= 4 is 21.6 Å². The molecule has 3 aromatic carbocycles. The Morgan fingerprint density at radius 1 is 0.886 bits per heavy atom. The smallest absolute Gasteiger partial charge is 0.255 e. The van der Waals surface area contributed by atoms with Crippen LogP contribution in [0.15, 0.2) is 77.7 Å². The Hall–Kier alpha value is -3.00. The van der Waals surface area contributed by atoms with E-state index in [1.807, 2.05) is 49.4 Å². The van der Waals surface area contributed by atoms with Gasteiger partial charge in [0.25, 0.3) is 5.91 Å². The van der Waals surface area contributed by atoms with Gasteiger partial charge in [0, 0.05) is 44.0 Å². The minimum absolute atomic E-state index is 0.118. The lowest BCUT2D eigenvalue weighted by molar-refractivity contribution is 0.102. The van der Waals surface area contributed by atoms with Crippen LogP contribution in [0.4, 0.5) is 5.69 Å². The third-order valence-corrected chi connectivity index (χ3v) is 8.41. The summed E-state index contributed by atoms with van der Waals surface area (Å²) < 4.78 is 27.2. The molecule has 1 N–H and O–H groups in total. The molecule has 1 fully saturated rings. The van der Waals surface area contributed by atoms with E-state index in [-0.39, 0.29) is 5.91 Å². The molecule has 0 bridgehead atoms. The van der Waals surface area contributed by atoms with Crippen molar-refractivity contribution in [2.24, 2.45) is 0 Å². The van der Waals surface area contributed by atoms with Crippen LogP contribution in [0.25, 0.3) is 0 Å². The molecule has 1 amide bonds. The van der Waals surface area contributed by atoms with Crippen molar-refractivity contribution in [3.8, 4) is 0 Å². The number of rotatable bonds is 7. The summed E-state index contributed by atoms with van der Waals surface area (Å²) in [6.45, 7) is 9.23. The Bertz CT molecular complexity index is 1260. The molecule has 35 heavy (non-hydrogen) atoms. The van der Waals surface area contributed by atoms with Crippen molar-refractivity contribution in [2.75, 3.05) is 31.5 Å². The van der Waals surface area contributed by atoms with Crippen molar-refractivity contribution in [1.82, 2.24) is 9.21 Å². The number of sulfonamides is 1. The molecule has 0 aromatic heterocycles. The second-order valence-electron chi connectivity index (χ2n) is 9.34. The molecule has 1 heterocycles. The number of carbonyl (C=O) groups excluding carboxylic acids is 1. The van der Waals surface area contributed by atoms with Crippen molar-refractivity contribution in [2.45, 2.75) is 38.1 Å². The van der Waals surface area contributed by atoms with Gasteiger partial charge >= 0.3 is 0 Å². The van der Waals surface area contributed by atoms with Gasteiger partial charge in [0.2, 0.25) is 10.0 Å². The summed E-state index contributed by atoms with van der Waals surface area (Å²) >= 11 is 0. The fourth-order valence-corrected chi connectivity index (χ4v) is 5.86. The first-order valence-corrected chi connectivity index (χ1v) is 13.5. The number of para-hydroxylation sites is 1. The average molecular weight is 492 g/mol. The number of amides is 1. The molecule has 0 radical (unpaired) electrons. The highest BCUT2D eigenvalue weighted by atomic mass is 32.2. The quantitative estimate of drug-likeness (QED) is 0.512. The fourth-order valence-electron chi connectivity index (χ4n) is 4.42. The van der Waals surface area contributed by atoms with E-state index in [9.17, 15) is 13.2 Å². The summed E-state index contributed by atoms with van der Waals surface area (Å²) in [7, 11) is -3.45. The molecule has 1 aliphatic rings. The highest BCUT2D eigenvalue weighted by Gasteiger charge is 2.28. The molecule has 1 aliphatic heterocycles. The normalized spacial score (nSPS) is 15.3. The van der Waals surface area contributed by atoms with Crippen LogP contribution < -0.4 is 5.32 Å². The maximum absolute atomic E-state index is 12.9.